The third-order valence-electron chi connectivity index (χ3n) is 3.03. The van der Waals surface area contributed by atoms with Gasteiger partial charge in [-0.05, 0) is 43.4 Å². The number of carbonyl (C=O) groups is 1. The molecular weight excluding hydrogens is 238 g/mol. The van der Waals surface area contributed by atoms with Gasteiger partial charge >= 0.3 is 0 Å². The summed E-state index contributed by atoms with van der Waals surface area (Å²) in [5.41, 5.74) is 1.16. The zero-order chi connectivity index (χ0) is 14.3. The highest BCUT2D eigenvalue weighted by molar-refractivity contribution is 5.76. The van der Waals surface area contributed by atoms with Crippen LogP contribution in [-0.2, 0) is 11.2 Å². The van der Waals surface area contributed by atoms with Crippen molar-refractivity contribution in [3.05, 3.63) is 29.8 Å². The summed E-state index contributed by atoms with van der Waals surface area (Å²) in [6.45, 7) is 6.39. The molecular formula is C16H25NO2. The number of hydrogen-bond donors (Lipinski definition) is 1. The zero-order valence-electron chi connectivity index (χ0n) is 12.4. The van der Waals surface area contributed by atoms with Crippen LogP contribution in [0.5, 0.6) is 5.75 Å². The summed E-state index contributed by atoms with van der Waals surface area (Å²) in [5, 5.41) is 3.04. The van der Waals surface area contributed by atoms with Gasteiger partial charge in [-0.2, -0.15) is 0 Å². The molecule has 0 saturated carbocycles. The molecule has 0 aliphatic rings. The predicted molar refractivity (Wildman–Crippen MR) is 78.4 cm³/mol. The van der Waals surface area contributed by atoms with Crippen LogP contribution in [-0.4, -0.2) is 19.1 Å². The molecule has 1 N–H and O–H groups in total. The summed E-state index contributed by atoms with van der Waals surface area (Å²) in [6, 6.07) is 8.11. The molecule has 3 heteroatoms. The van der Waals surface area contributed by atoms with Gasteiger partial charge in [0.15, 0.2) is 0 Å². The number of amides is 1. The standard InChI is InChI=1S/C16H25NO2/c1-12(2)11-13(3)17-16(18)10-7-14-5-8-15(19-4)9-6-14/h5-6,8-9,12-13H,7,10-11H2,1-4H3,(H,17,18). The van der Waals surface area contributed by atoms with E-state index in [1.54, 1.807) is 7.11 Å². The van der Waals surface area contributed by atoms with Gasteiger partial charge in [0.1, 0.15) is 5.75 Å². The number of carbonyl (C=O) groups excluding carboxylic acids is 1. The van der Waals surface area contributed by atoms with Gasteiger partial charge < -0.3 is 10.1 Å². The quantitative estimate of drug-likeness (QED) is 0.820. The van der Waals surface area contributed by atoms with Crippen LogP contribution in [0.15, 0.2) is 24.3 Å². The molecule has 0 spiro atoms. The topological polar surface area (TPSA) is 38.3 Å². The number of hydrogen-bond acceptors (Lipinski definition) is 2. The molecule has 19 heavy (non-hydrogen) atoms. The van der Waals surface area contributed by atoms with E-state index in [2.05, 4.69) is 26.1 Å². The second-order valence-electron chi connectivity index (χ2n) is 5.45. The van der Waals surface area contributed by atoms with E-state index in [1.165, 1.54) is 0 Å². The van der Waals surface area contributed by atoms with Crippen LogP contribution >= 0.6 is 0 Å². The molecule has 1 aromatic rings. The van der Waals surface area contributed by atoms with Crippen LogP contribution < -0.4 is 10.1 Å². The number of benzene rings is 1. The van der Waals surface area contributed by atoms with Crippen molar-refractivity contribution in [1.82, 2.24) is 5.32 Å². The van der Waals surface area contributed by atoms with Crippen molar-refractivity contribution in [2.45, 2.75) is 46.1 Å². The summed E-state index contributed by atoms with van der Waals surface area (Å²) < 4.78 is 5.11. The maximum atomic E-state index is 11.8. The lowest BCUT2D eigenvalue weighted by Gasteiger charge is -2.15. The predicted octanol–water partition coefficient (Wildman–Crippen LogP) is 3.18. The number of methoxy groups -OCH3 is 1. The Labute approximate surface area is 116 Å². The van der Waals surface area contributed by atoms with E-state index in [0.717, 1.165) is 24.2 Å². The van der Waals surface area contributed by atoms with Crippen LogP contribution in [0, 0.1) is 5.92 Å². The molecule has 3 nitrogen and oxygen atoms in total. The molecule has 1 rings (SSSR count). The molecule has 0 heterocycles. The first-order valence-corrected chi connectivity index (χ1v) is 6.93. The van der Waals surface area contributed by atoms with Crippen molar-refractivity contribution in [3.63, 3.8) is 0 Å². The second kappa shape index (κ2) is 7.82. The van der Waals surface area contributed by atoms with Crippen molar-refractivity contribution >= 4 is 5.91 Å². The Bertz CT molecular complexity index is 384. The van der Waals surface area contributed by atoms with E-state index in [4.69, 9.17) is 4.74 Å². The van der Waals surface area contributed by atoms with Gasteiger partial charge in [0.25, 0.3) is 0 Å². The molecule has 1 unspecified atom stereocenters. The highest BCUT2D eigenvalue weighted by atomic mass is 16.5. The average Bonchev–Trinajstić information content (AvgIpc) is 2.36. The first-order valence-electron chi connectivity index (χ1n) is 6.93. The number of aryl methyl sites for hydroxylation is 1. The molecule has 0 fully saturated rings. The van der Waals surface area contributed by atoms with Gasteiger partial charge in [0, 0.05) is 12.5 Å². The summed E-state index contributed by atoms with van der Waals surface area (Å²) in [6.07, 6.45) is 2.33. The van der Waals surface area contributed by atoms with E-state index in [-0.39, 0.29) is 11.9 Å². The Hall–Kier alpha value is -1.51. The Morgan fingerprint density at radius 1 is 1.21 bits per heavy atom. The fraction of sp³-hybridized carbons (Fsp3) is 0.562. The minimum Gasteiger partial charge on any atom is -0.497 e. The van der Waals surface area contributed by atoms with E-state index in [9.17, 15) is 4.79 Å². The maximum absolute atomic E-state index is 11.8. The fourth-order valence-electron chi connectivity index (χ4n) is 2.16. The van der Waals surface area contributed by atoms with Crippen molar-refractivity contribution in [2.24, 2.45) is 5.92 Å². The highest BCUT2D eigenvalue weighted by Gasteiger charge is 2.09. The Morgan fingerprint density at radius 2 is 1.84 bits per heavy atom. The lowest BCUT2D eigenvalue weighted by Crippen LogP contribution is -2.33. The van der Waals surface area contributed by atoms with Gasteiger partial charge in [-0.3, -0.25) is 4.79 Å². The van der Waals surface area contributed by atoms with Gasteiger partial charge in [-0.1, -0.05) is 26.0 Å². The Morgan fingerprint density at radius 3 is 2.37 bits per heavy atom. The van der Waals surface area contributed by atoms with Crippen LogP contribution in [0.4, 0.5) is 0 Å². The molecule has 1 atom stereocenters. The fourth-order valence-corrected chi connectivity index (χ4v) is 2.16. The van der Waals surface area contributed by atoms with Crippen LogP contribution in [0.3, 0.4) is 0 Å². The molecule has 0 aromatic heterocycles. The van der Waals surface area contributed by atoms with Gasteiger partial charge in [-0.25, -0.2) is 0 Å². The SMILES string of the molecule is COc1ccc(CCC(=O)NC(C)CC(C)C)cc1. The Balaban J connectivity index is 2.33. The molecule has 0 aliphatic carbocycles. The van der Waals surface area contributed by atoms with Gasteiger partial charge in [0.05, 0.1) is 7.11 Å². The van der Waals surface area contributed by atoms with Crippen molar-refractivity contribution < 1.29 is 9.53 Å². The van der Waals surface area contributed by atoms with E-state index < -0.39 is 0 Å². The molecule has 1 aromatic carbocycles. The Kier molecular flexibility index (Phi) is 6.40. The van der Waals surface area contributed by atoms with E-state index >= 15 is 0 Å². The third kappa shape index (κ3) is 6.27. The lowest BCUT2D eigenvalue weighted by molar-refractivity contribution is -0.121. The highest BCUT2D eigenvalue weighted by Crippen LogP contribution is 2.12. The maximum Gasteiger partial charge on any atom is 0.220 e. The summed E-state index contributed by atoms with van der Waals surface area (Å²) >= 11 is 0. The van der Waals surface area contributed by atoms with Crippen molar-refractivity contribution in [1.29, 1.82) is 0 Å². The van der Waals surface area contributed by atoms with Crippen LogP contribution in [0.25, 0.3) is 0 Å². The molecule has 1 amide bonds. The van der Waals surface area contributed by atoms with E-state index in [0.29, 0.717) is 12.3 Å². The largest absolute Gasteiger partial charge is 0.497 e. The van der Waals surface area contributed by atoms with Gasteiger partial charge in [0.2, 0.25) is 5.91 Å². The molecule has 0 radical (unpaired) electrons. The summed E-state index contributed by atoms with van der Waals surface area (Å²) in [5.74, 6) is 1.58. The summed E-state index contributed by atoms with van der Waals surface area (Å²) in [4.78, 5) is 11.8. The number of rotatable bonds is 7. The monoisotopic (exact) mass is 263 g/mol. The molecule has 0 saturated heterocycles. The smallest absolute Gasteiger partial charge is 0.220 e. The van der Waals surface area contributed by atoms with E-state index in [1.807, 2.05) is 24.3 Å². The van der Waals surface area contributed by atoms with Crippen molar-refractivity contribution in [3.8, 4) is 5.75 Å². The molecule has 0 bridgehead atoms. The lowest BCUT2D eigenvalue weighted by atomic mass is 10.0. The van der Waals surface area contributed by atoms with Crippen LogP contribution in [0.1, 0.15) is 39.2 Å². The summed E-state index contributed by atoms with van der Waals surface area (Å²) in [7, 11) is 1.65. The molecule has 0 aliphatic heterocycles. The zero-order valence-corrected chi connectivity index (χ0v) is 12.4. The minimum atomic E-state index is 0.129. The van der Waals surface area contributed by atoms with Gasteiger partial charge in [-0.15, -0.1) is 0 Å². The minimum absolute atomic E-state index is 0.129. The number of nitrogens with one attached hydrogen (secondary N) is 1. The van der Waals surface area contributed by atoms with Crippen LogP contribution in [0.2, 0.25) is 0 Å². The normalized spacial score (nSPS) is 12.3. The molecule has 106 valence electrons. The number of ether oxygens (including phenoxy) is 1. The third-order valence-corrected chi connectivity index (χ3v) is 3.03. The van der Waals surface area contributed by atoms with Crippen molar-refractivity contribution in [2.75, 3.05) is 7.11 Å². The first kappa shape index (κ1) is 15.5. The average molecular weight is 263 g/mol. The second-order valence-corrected chi connectivity index (χ2v) is 5.45. The first-order chi connectivity index (χ1) is 9.01.